The third kappa shape index (κ3) is 1.67. The summed E-state index contributed by atoms with van der Waals surface area (Å²) in [5.74, 6) is 1.20. The Balaban J connectivity index is 1.93. The van der Waals surface area contributed by atoms with E-state index >= 15 is 0 Å². The van der Waals surface area contributed by atoms with Crippen molar-refractivity contribution in [2.45, 2.75) is 18.9 Å². The zero-order chi connectivity index (χ0) is 11.0. The van der Waals surface area contributed by atoms with Crippen molar-refractivity contribution in [1.29, 1.82) is 0 Å². The lowest BCUT2D eigenvalue weighted by molar-refractivity contribution is 0.504. The molecule has 2 heterocycles. The Morgan fingerprint density at radius 2 is 2.19 bits per heavy atom. The van der Waals surface area contributed by atoms with Gasteiger partial charge in [-0.25, -0.2) is 0 Å². The van der Waals surface area contributed by atoms with Crippen molar-refractivity contribution >= 4 is 16.7 Å². The molecule has 16 heavy (non-hydrogen) atoms. The number of nitrogens with one attached hydrogen (secondary N) is 1. The summed E-state index contributed by atoms with van der Waals surface area (Å²) in [7, 11) is 0. The number of hydrogen-bond acceptors (Lipinski definition) is 2. The number of aromatic nitrogens is 1. The third-order valence-electron chi connectivity index (χ3n) is 3.31. The molecule has 1 aliphatic rings. The molecular formula is C13H17N3. The van der Waals surface area contributed by atoms with Crippen LogP contribution in [0.4, 0.5) is 5.82 Å². The van der Waals surface area contributed by atoms with E-state index < -0.39 is 0 Å². The molecule has 1 aromatic carbocycles. The average molecular weight is 215 g/mol. The summed E-state index contributed by atoms with van der Waals surface area (Å²) in [6, 6.07) is 10.9. The molecule has 1 aliphatic heterocycles. The topological polar surface area (TPSA) is 45.0 Å². The predicted molar refractivity (Wildman–Crippen MR) is 67.7 cm³/mol. The lowest BCUT2D eigenvalue weighted by atomic mass is 10.1. The van der Waals surface area contributed by atoms with Gasteiger partial charge in [0.1, 0.15) is 5.82 Å². The van der Waals surface area contributed by atoms with Crippen molar-refractivity contribution in [3.05, 3.63) is 30.3 Å². The summed E-state index contributed by atoms with van der Waals surface area (Å²) < 4.78 is 0. The monoisotopic (exact) mass is 215 g/mol. The highest BCUT2D eigenvalue weighted by atomic mass is 15.2. The first-order chi connectivity index (χ1) is 7.83. The van der Waals surface area contributed by atoms with Crippen molar-refractivity contribution < 1.29 is 0 Å². The van der Waals surface area contributed by atoms with Crippen LogP contribution in [0.15, 0.2) is 30.3 Å². The van der Waals surface area contributed by atoms with E-state index in [9.17, 15) is 0 Å². The van der Waals surface area contributed by atoms with Crippen molar-refractivity contribution in [2.75, 3.05) is 18.0 Å². The molecule has 0 bridgehead atoms. The van der Waals surface area contributed by atoms with E-state index in [1.165, 1.54) is 23.1 Å². The second-order valence-electron chi connectivity index (χ2n) is 4.59. The summed E-state index contributed by atoms with van der Waals surface area (Å²) in [5.41, 5.74) is 7.21. The summed E-state index contributed by atoms with van der Waals surface area (Å²) in [4.78, 5) is 5.81. The standard InChI is InChI=1S/C13H17N3/c14-11-5-3-7-16(9-11)13-8-10-4-1-2-6-12(10)15-13/h1-2,4,6,8,11,15H,3,5,7,9,14H2. The van der Waals surface area contributed by atoms with Gasteiger partial charge < -0.3 is 15.6 Å². The fourth-order valence-corrected chi connectivity index (χ4v) is 2.46. The van der Waals surface area contributed by atoms with Crippen LogP contribution < -0.4 is 10.6 Å². The third-order valence-corrected chi connectivity index (χ3v) is 3.31. The fourth-order valence-electron chi connectivity index (χ4n) is 2.46. The van der Waals surface area contributed by atoms with Crippen LogP contribution >= 0.6 is 0 Å². The molecule has 3 nitrogen and oxygen atoms in total. The first-order valence-electron chi connectivity index (χ1n) is 5.91. The van der Waals surface area contributed by atoms with Gasteiger partial charge in [0.05, 0.1) is 0 Å². The normalized spacial score (nSPS) is 21.6. The highest BCUT2D eigenvalue weighted by Gasteiger charge is 2.17. The van der Waals surface area contributed by atoms with Gasteiger partial charge in [0, 0.05) is 30.0 Å². The van der Waals surface area contributed by atoms with E-state index in [0.717, 1.165) is 19.5 Å². The first kappa shape index (κ1) is 9.73. The summed E-state index contributed by atoms with van der Waals surface area (Å²) in [5, 5.41) is 1.27. The second-order valence-corrected chi connectivity index (χ2v) is 4.59. The Bertz CT molecular complexity index is 456. The Morgan fingerprint density at radius 1 is 1.31 bits per heavy atom. The maximum Gasteiger partial charge on any atom is 0.106 e. The van der Waals surface area contributed by atoms with Crippen molar-refractivity contribution in [2.24, 2.45) is 5.73 Å². The zero-order valence-electron chi connectivity index (χ0n) is 9.32. The number of piperidine rings is 1. The van der Waals surface area contributed by atoms with Gasteiger partial charge in [-0.3, -0.25) is 0 Å². The molecule has 0 radical (unpaired) electrons. The summed E-state index contributed by atoms with van der Waals surface area (Å²) in [6.45, 7) is 2.08. The molecule has 1 saturated heterocycles. The van der Waals surface area contributed by atoms with Crippen molar-refractivity contribution in [3.63, 3.8) is 0 Å². The molecule has 1 unspecified atom stereocenters. The minimum absolute atomic E-state index is 0.320. The van der Waals surface area contributed by atoms with E-state index in [2.05, 4.69) is 40.2 Å². The number of anilines is 1. The number of fused-ring (bicyclic) bond motifs is 1. The summed E-state index contributed by atoms with van der Waals surface area (Å²) >= 11 is 0. The Labute approximate surface area is 95.2 Å². The SMILES string of the molecule is NC1CCCN(c2cc3ccccc3[nH]2)C1. The molecule has 2 aromatic rings. The average Bonchev–Trinajstić information content (AvgIpc) is 2.72. The summed E-state index contributed by atoms with van der Waals surface area (Å²) in [6.07, 6.45) is 2.34. The van der Waals surface area contributed by atoms with Crippen LogP contribution in [0.1, 0.15) is 12.8 Å². The number of nitrogens with two attached hydrogens (primary N) is 1. The molecule has 1 fully saturated rings. The number of nitrogens with zero attached hydrogens (tertiary/aromatic N) is 1. The smallest absolute Gasteiger partial charge is 0.106 e. The molecule has 0 aliphatic carbocycles. The van der Waals surface area contributed by atoms with Gasteiger partial charge in [0.15, 0.2) is 0 Å². The van der Waals surface area contributed by atoms with E-state index in [-0.39, 0.29) is 0 Å². The number of benzene rings is 1. The molecule has 84 valence electrons. The number of rotatable bonds is 1. The second kappa shape index (κ2) is 3.83. The first-order valence-corrected chi connectivity index (χ1v) is 5.91. The number of para-hydroxylation sites is 1. The van der Waals surface area contributed by atoms with Crippen molar-refractivity contribution in [3.8, 4) is 0 Å². The van der Waals surface area contributed by atoms with E-state index in [0.29, 0.717) is 6.04 Å². The zero-order valence-corrected chi connectivity index (χ0v) is 9.32. The van der Waals surface area contributed by atoms with E-state index in [1.54, 1.807) is 0 Å². The van der Waals surface area contributed by atoms with Gasteiger partial charge in [-0.05, 0) is 25.0 Å². The van der Waals surface area contributed by atoms with Gasteiger partial charge in [0.25, 0.3) is 0 Å². The number of aromatic amines is 1. The van der Waals surface area contributed by atoms with Gasteiger partial charge in [-0.15, -0.1) is 0 Å². The molecule has 1 aromatic heterocycles. The predicted octanol–water partition coefficient (Wildman–Crippen LogP) is 2.10. The molecule has 0 spiro atoms. The maximum absolute atomic E-state index is 6.00. The highest BCUT2D eigenvalue weighted by molar-refractivity contribution is 5.83. The molecular weight excluding hydrogens is 198 g/mol. The molecule has 3 rings (SSSR count). The molecule has 3 heteroatoms. The van der Waals surface area contributed by atoms with Gasteiger partial charge >= 0.3 is 0 Å². The van der Waals surface area contributed by atoms with Crippen LogP contribution in [0.25, 0.3) is 10.9 Å². The quantitative estimate of drug-likeness (QED) is 0.765. The molecule has 0 saturated carbocycles. The Hall–Kier alpha value is -1.48. The largest absolute Gasteiger partial charge is 0.357 e. The van der Waals surface area contributed by atoms with E-state index in [1.807, 2.05) is 0 Å². The van der Waals surface area contributed by atoms with Crippen molar-refractivity contribution in [1.82, 2.24) is 4.98 Å². The maximum atomic E-state index is 6.00. The van der Waals surface area contributed by atoms with Gasteiger partial charge in [-0.2, -0.15) is 0 Å². The minimum Gasteiger partial charge on any atom is -0.357 e. The van der Waals surface area contributed by atoms with Gasteiger partial charge in [0.2, 0.25) is 0 Å². The molecule has 0 amide bonds. The van der Waals surface area contributed by atoms with Crippen LogP contribution in [0.2, 0.25) is 0 Å². The van der Waals surface area contributed by atoms with Crippen LogP contribution in [0.5, 0.6) is 0 Å². The molecule has 3 N–H and O–H groups in total. The van der Waals surface area contributed by atoms with Gasteiger partial charge in [-0.1, -0.05) is 18.2 Å². The Kier molecular flexibility index (Phi) is 2.33. The van der Waals surface area contributed by atoms with Crippen LogP contribution in [0, 0.1) is 0 Å². The van der Waals surface area contributed by atoms with E-state index in [4.69, 9.17) is 5.73 Å². The Morgan fingerprint density at radius 3 is 3.00 bits per heavy atom. The van der Waals surface area contributed by atoms with Crippen LogP contribution in [0.3, 0.4) is 0 Å². The van der Waals surface area contributed by atoms with Crippen LogP contribution in [-0.4, -0.2) is 24.1 Å². The lowest BCUT2D eigenvalue weighted by Crippen LogP contribution is -2.42. The molecule has 1 atom stereocenters. The highest BCUT2D eigenvalue weighted by Crippen LogP contribution is 2.23. The lowest BCUT2D eigenvalue weighted by Gasteiger charge is -2.31. The van der Waals surface area contributed by atoms with Crippen LogP contribution in [-0.2, 0) is 0 Å². The minimum atomic E-state index is 0.320. The number of H-pyrrole nitrogens is 1. The fraction of sp³-hybridized carbons (Fsp3) is 0.385. The number of hydrogen-bond donors (Lipinski definition) is 2.